The fourth-order valence-electron chi connectivity index (χ4n) is 2.02. The SMILES string of the molecule is Nc1cc(C(F)(F)F)ccc1NN1CCCCC1. The van der Waals surface area contributed by atoms with Crippen LogP contribution in [-0.4, -0.2) is 18.1 Å². The number of rotatable bonds is 2. The highest BCUT2D eigenvalue weighted by molar-refractivity contribution is 5.66. The molecule has 0 unspecified atom stereocenters. The first-order valence-corrected chi connectivity index (χ1v) is 5.95. The molecule has 1 aliphatic rings. The molecule has 0 aromatic heterocycles. The third-order valence-electron chi connectivity index (χ3n) is 3.01. The first kappa shape index (κ1) is 13.0. The van der Waals surface area contributed by atoms with E-state index < -0.39 is 11.7 Å². The van der Waals surface area contributed by atoms with Crippen molar-refractivity contribution in [2.45, 2.75) is 25.4 Å². The largest absolute Gasteiger partial charge is 0.416 e. The average molecular weight is 259 g/mol. The number of alkyl halides is 3. The maximum Gasteiger partial charge on any atom is 0.416 e. The van der Waals surface area contributed by atoms with E-state index in [1.54, 1.807) is 0 Å². The lowest BCUT2D eigenvalue weighted by Crippen LogP contribution is -2.35. The van der Waals surface area contributed by atoms with Gasteiger partial charge in [0.15, 0.2) is 0 Å². The van der Waals surface area contributed by atoms with Gasteiger partial charge in [0.25, 0.3) is 0 Å². The number of nitrogens with two attached hydrogens (primary N) is 1. The fourth-order valence-corrected chi connectivity index (χ4v) is 2.02. The van der Waals surface area contributed by atoms with Crippen molar-refractivity contribution in [1.29, 1.82) is 0 Å². The second-order valence-electron chi connectivity index (χ2n) is 4.46. The summed E-state index contributed by atoms with van der Waals surface area (Å²) in [6.07, 6.45) is -0.973. The summed E-state index contributed by atoms with van der Waals surface area (Å²) in [7, 11) is 0. The molecule has 1 saturated heterocycles. The molecule has 0 spiro atoms. The molecule has 0 saturated carbocycles. The zero-order chi connectivity index (χ0) is 13.2. The Morgan fingerprint density at radius 2 is 1.78 bits per heavy atom. The van der Waals surface area contributed by atoms with E-state index in [0.717, 1.165) is 38.1 Å². The molecule has 1 aromatic carbocycles. The summed E-state index contributed by atoms with van der Waals surface area (Å²) < 4.78 is 37.4. The van der Waals surface area contributed by atoms with Gasteiger partial charge in [0, 0.05) is 13.1 Å². The van der Waals surface area contributed by atoms with Gasteiger partial charge >= 0.3 is 6.18 Å². The number of halogens is 3. The lowest BCUT2D eigenvalue weighted by Gasteiger charge is -2.28. The second-order valence-corrected chi connectivity index (χ2v) is 4.46. The molecule has 0 aliphatic carbocycles. The number of nitrogens with one attached hydrogen (secondary N) is 1. The quantitative estimate of drug-likeness (QED) is 0.802. The minimum Gasteiger partial charge on any atom is -0.397 e. The molecule has 2 rings (SSSR count). The molecule has 1 aromatic rings. The lowest BCUT2D eigenvalue weighted by molar-refractivity contribution is -0.137. The third kappa shape index (κ3) is 3.07. The topological polar surface area (TPSA) is 41.3 Å². The Bertz CT molecular complexity index is 412. The zero-order valence-corrected chi connectivity index (χ0v) is 9.93. The number of nitrogens with zero attached hydrogens (tertiary/aromatic N) is 1. The van der Waals surface area contributed by atoms with Crippen LogP contribution in [0.4, 0.5) is 24.5 Å². The van der Waals surface area contributed by atoms with Crippen LogP contribution in [0.5, 0.6) is 0 Å². The van der Waals surface area contributed by atoms with Crippen LogP contribution < -0.4 is 11.2 Å². The Morgan fingerprint density at radius 3 is 2.33 bits per heavy atom. The van der Waals surface area contributed by atoms with Crippen LogP contribution in [0.15, 0.2) is 18.2 Å². The Balaban J connectivity index is 2.09. The number of benzene rings is 1. The van der Waals surface area contributed by atoms with E-state index in [9.17, 15) is 13.2 Å². The summed E-state index contributed by atoms with van der Waals surface area (Å²) in [5.41, 5.74) is 8.65. The summed E-state index contributed by atoms with van der Waals surface area (Å²) >= 11 is 0. The summed E-state index contributed by atoms with van der Waals surface area (Å²) in [5, 5.41) is 1.99. The molecular formula is C12H16F3N3. The summed E-state index contributed by atoms with van der Waals surface area (Å²) in [4.78, 5) is 0. The van der Waals surface area contributed by atoms with Crippen molar-refractivity contribution in [2.75, 3.05) is 24.2 Å². The summed E-state index contributed by atoms with van der Waals surface area (Å²) in [5.74, 6) is 0. The van der Waals surface area contributed by atoms with Gasteiger partial charge in [-0.25, -0.2) is 5.01 Å². The molecule has 1 heterocycles. The highest BCUT2D eigenvalue weighted by Crippen LogP contribution is 2.33. The van der Waals surface area contributed by atoms with Crippen LogP contribution in [0.3, 0.4) is 0 Å². The molecular weight excluding hydrogens is 243 g/mol. The van der Waals surface area contributed by atoms with Gasteiger partial charge in [0.05, 0.1) is 16.9 Å². The van der Waals surface area contributed by atoms with Crippen molar-refractivity contribution in [3.8, 4) is 0 Å². The van der Waals surface area contributed by atoms with Crippen molar-refractivity contribution in [3.05, 3.63) is 23.8 Å². The average Bonchev–Trinajstić information content (AvgIpc) is 2.32. The highest BCUT2D eigenvalue weighted by atomic mass is 19.4. The molecule has 0 radical (unpaired) electrons. The molecule has 0 amide bonds. The zero-order valence-electron chi connectivity index (χ0n) is 9.93. The van der Waals surface area contributed by atoms with Crippen LogP contribution in [0, 0.1) is 0 Å². The summed E-state index contributed by atoms with van der Waals surface area (Å²) in [6.45, 7) is 1.78. The summed E-state index contributed by atoms with van der Waals surface area (Å²) in [6, 6.07) is 3.39. The van der Waals surface area contributed by atoms with Crippen LogP contribution in [-0.2, 0) is 6.18 Å². The van der Waals surface area contributed by atoms with E-state index >= 15 is 0 Å². The molecule has 0 bridgehead atoms. The molecule has 3 N–H and O–H groups in total. The van der Waals surface area contributed by atoms with E-state index in [2.05, 4.69) is 5.43 Å². The predicted octanol–water partition coefficient (Wildman–Crippen LogP) is 3.10. The van der Waals surface area contributed by atoms with E-state index in [0.29, 0.717) is 5.69 Å². The molecule has 0 atom stereocenters. The van der Waals surface area contributed by atoms with Crippen molar-refractivity contribution in [3.63, 3.8) is 0 Å². The van der Waals surface area contributed by atoms with E-state index in [4.69, 9.17) is 5.73 Å². The minimum atomic E-state index is -4.35. The Labute approximate surface area is 104 Å². The van der Waals surface area contributed by atoms with Gasteiger partial charge in [0.1, 0.15) is 0 Å². The Kier molecular flexibility index (Phi) is 3.65. The third-order valence-corrected chi connectivity index (χ3v) is 3.01. The molecule has 1 aliphatic heterocycles. The molecule has 1 fully saturated rings. The van der Waals surface area contributed by atoms with Crippen LogP contribution >= 0.6 is 0 Å². The van der Waals surface area contributed by atoms with Gasteiger partial charge in [-0.3, -0.25) is 0 Å². The monoisotopic (exact) mass is 259 g/mol. The van der Waals surface area contributed by atoms with Gasteiger partial charge in [0.2, 0.25) is 0 Å². The maximum atomic E-state index is 12.5. The standard InChI is InChI=1S/C12H16F3N3/c13-12(14,15)9-4-5-11(10(16)8-9)17-18-6-2-1-3-7-18/h4-5,8,17H,1-3,6-7,16H2. The van der Waals surface area contributed by atoms with Crippen molar-refractivity contribution in [1.82, 2.24) is 5.01 Å². The number of nitrogen functional groups attached to an aromatic ring is 1. The molecule has 3 nitrogen and oxygen atoms in total. The van der Waals surface area contributed by atoms with Crippen LogP contribution in [0.25, 0.3) is 0 Å². The normalized spacial score (nSPS) is 17.7. The van der Waals surface area contributed by atoms with Crippen LogP contribution in [0.2, 0.25) is 0 Å². The predicted molar refractivity (Wildman–Crippen MR) is 64.9 cm³/mol. The van der Waals surface area contributed by atoms with E-state index in [-0.39, 0.29) is 5.69 Å². The van der Waals surface area contributed by atoms with E-state index in [1.165, 1.54) is 12.5 Å². The molecule has 100 valence electrons. The van der Waals surface area contributed by atoms with Crippen molar-refractivity contribution in [2.24, 2.45) is 0 Å². The lowest BCUT2D eigenvalue weighted by atomic mass is 10.1. The van der Waals surface area contributed by atoms with Gasteiger partial charge < -0.3 is 11.2 Å². The molecule has 6 heteroatoms. The number of piperidine rings is 1. The van der Waals surface area contributed by atoms with Gasteiger partial charge in [-0.05, 0) is 31.0 Å². The van der Waals surface area contributed by atoms with Crippen LogP contribution in [0.1, 0.15) is 24.8 Å². The van der Waals surface area contributed by atoms with Crippen molar-refractivity contribution >= 4 is 11.4 Å². The van der Waals surface area contributed by atoms with Crippen molar-refractivity contribution < 1.29 is 13.2 Å². The second kappa shape index (κ2) is 5.06. The van der Waals surface area contributed by atoms with Gasteiger partial charge in [-0.2, -0.15) is 13.2 Å². The first-order chi connectivity index (χ1) is 8.47. The first-order valence-electron chi connectivity index (χ1n) is 5.95. The highest BCUT2D eigenvalue weighted by Gasteiger charge is 2.30. The number of hydrogen-bond donors (Lipinski definition) is 2. The van der Waals surface area contributed by atoms with E-state index in [1.807, 2.05) is 5.01 Å². The Morgan fingerprint density at radius 1 is 1.11 bits per heavy atom. The maximum absolute atomic E-state index is 12.5. The van der Waals surface area contributed by atoms with Gasteiger partial charge in [-0.1, -0.05) is 6.42 Å². The fraction of sp³-hybridized carbons (Fsp3) is 0.500. The smallest absolute Gasteiger partial charge is 0.397 e. The minimum absolute atomic E-state index is 0.121. The Hall–Kier alpha value is -1.43. The molecule has 18 heavy (non-hydrogen) atoms. The van der Waals surface area contributed by atoms with Gasteiger partial charge in [-0.15, -0.1) is 0 Å². The number of anilines is 2. The number of hydrazine groups is 1. The number of hydrogen-bond acceptors (Lipinski definition) is 3.